The molecular weight excluding hydrogens is 456 g/mol. The van der Waals surface area contributed by atoms with Crippen LogP contribution in [0.3, 0.4) is 0 Å². The normalized spacial score (nSPS) is 12.4. The molecule has 0 saturated carbocycles. The highest BCUT2D eigenvalue weighted by atomic mass is 16.5. The van der Waals surface area contributed by atoms with Crippen molar-refractivity contribution in [3.63, 3.8) is 0 Å². The first-order valence-electron chi connectivity index (χ1n) is 12.0. The molecule has 0 rings (SSSR count). The number of nitrogens with two attached hydrogens (primary N) is 2. The molecule has 13 nitrogen and oxygen atoms in total. The Balaban J connectivity index is 5.40. The average Bonchev–Trinajstić information content (AvgIpc) is 2.76. The van der Waals surface area contributed by atoms with Crippen LogP contribution in [0, 0.1) is 0 Å². The van der Waals surface area contributed by atoms with Gasteiger partial charge in [-0.1, -0.05) is 0 Å². The number of carbonyl (C=O) groups is 3. The Bertz CT molecular complexity index is 608. The van der Waals surface area contributed by atoms with Crippen molar-refractivity contribution in [1.29, 1.82) is 0 Å². The summed E-state index contributed by atoms with van der Waals surface area (Å²) in [6.45, 7) is 2.80. The maximum Gasteiger partial charge on any atom is 0.242 e. The summed E-state index contributed by atoms with van der Waals surface area (Å²) in [5.41, 5.74) is 7.73. The third kappa shape index (κ3) is 16.4. The van der Waals surface area contributed by atoms with Gasteiger partial charge in [0.1, 0.15) is 6.23 Å². The van der Waals surface area contributed by atoms with Gasteiger partial charge in [-0.2, -0.15) is 0 Å². The lowest BCUT2D eigenvalue weighted by molar-refractivity contribution is -0.142. The number of hydrogen-bond acceptors (Lipinski definition) is 10. The Kier molecular flexibility index (Phi) is 18.3. The number of hydrogen-bond donors (Lipinski definition) is 4. The summed E-state index contributed by atoms with van der Waals surface area (Å²) in [5.74, 6) is 4.18. The Morgan fingerprint density at radius 2 is 1.43 bits per heavy atom. The fourth-order valence-corrected chi connectivity index (χ4v) is 3.49. The van der Waals surface area contributed by atoms with Gasteiger partial charge in [0.15, 0.2) is 0 Å². The second-order valence-corrected chi connectivity index (χ2v) is 9.11. The molecule has 1 unspecified atom stereocenters. The van der Waals surface area contributed by atoms with Crippen LogP contribution in [0.5, 0.6) is 0 Å². The zero-order valence-electron chi connectivity index (χ0n) is 22.2. The van der Waals surface area contributed by atoms with Crippen LogP contribution in [0.25, 0.3) is 0 Å². The van der Waals surface area contributed by atoms with Gasteiger partial charge < -0.3 is 35.2 Å². The number of ether oxygens (including phenoxy) is 1. The standard InChI is InChI=1S/C22H48N8O5/c1-26(2)9-6-11-28(16-19(23)31)21(33)18-30(13-8-14-35-5)22(34)17-29(20(32)15-25-24)12-7-10-27(3)4/h21,25,33H,6-18,24H2,1-5H3,(H2,23,31). The van der Waals surface area contributed by atoms with Crippen molar-refractivity contribution in [3.05, 3.63) is 0 Å². The van der Waals surface area contributed by atoms with E-state index in [2.05, 4.69) is 5.43 Å². The second kappa shape index (κ2) is 19.3. The number of aliphatic hydroxyl groups excluding tert-OH is 1. The highest BCUT2D eigenvalue weighted by Crippen LogP contribution is 2.06. The van der Waals surface area contributed by atoms with Crippen molar-refractivity contribution >= 4 is 17.7 Å². The van der Waals surface area contributed by atoms with Gasteiger partial charge in [-0.25, -0.2) is 0 Å². The zero-order valence-corrected chi connectivity index (χ0v) is 22.2. The highest BCUT2D eigenvalue weighted by Gasteiger charge is 2.25. The lowest BCUT2D eigenvalue weighted by Gasteiger charge is -2.33. The molecule has 0 aliphatic heterocycles. The number of aliphatic hydroxyl groups is 1. The molecule has 0 bridgehead atoms. The zero-order chi connectivity index (χ0) is 26.8. The monoisotopic (exact) mass is 504 g/mol. The molecular formula is C22H48N8O5. The second-order valence-electron chi connectivity index (χ2n) is 9.11. The van der Waals surface area contributed by atoms with Gasteiger partial charge in [0.05, 0.1) is 26.2 Å². The third-order valence-electron chi connectivity index (χ3n) is 5.31. The number of rotatable bonds is 21. The maximum absolute atomic E-state index is 13.2. The van der Waals surface area contributed by atoms with E-state index >= 15 is 0 Å². The lowest BCUT2D eigenvalue weighted by Crippen LogP contribution is -2.52. The summed E-state index contributed by atoms with van der Waals surface area (Å²) in [5, 5.41) is 10.9. The molecule has 1 atom stereocenters. The molecule has 0 aromatic heterocycles. The van der Waals surface area contributed by atoms with Crippen LogP contribution >= 0.6 is 0 Å². The van der Waals surface area contributed by atoms with E-state index < -0.39 is 12.1 Å². The van der Waals surface area contributed by atoms with Crippen LogP contribution in [0.4, 0.5) is 0 Å². The van der Waals surface area contributed by atoms with E-state index in [1.54, 1.807) is 12.0 Å². The number of nitrogens with one attached hydrogen (secondary N) is 1. The topological polar surface area (TPSA) is 161 Å². The Hall–Kier alpha value is -1.87. The fourth-order valence-electron chi connectivity index (χ4n) is 3.49. The van der Waals surface area contributed by atoms with E-state index in [-0.39, 0.29) is 38.0 Å². The summed E-state index contributed by atoms with van der Waals surface area (Å²) < 4.78 is 5.11. The predicted molar refractivity (Wildman–Crippen MR) is 135 cm³/mol. The summed E-state index contributed by atoms with van der Waals surface area (Å²) >= 11 is 0. The van der Waals surface area contributed by atoms with Crippen LogP contribution in [0.1, 0.15) is 19.3 Å². The molecule has 0 aromatic rings. The predicted octanol–water partition coefficient (Wildman–Crippen LogP) is -2.85. The number of carbonyl (C=O) groups excluding carboxylic acids is 3. The van der Waals surface area contributed by atoms with Crippen molar-refractivity contribution in [2.45, 2.75) is 25.5 Å². The molecule has 6 N–H and O–H groups in total. The SMILES string of the molecule is COCCCN(CC(O)N(CCCN(C)C)CC(N)=O)C(=O)CN(CCCN(C)C)C(=O)CNN. The molecule has 0 aliphatic rings. The molecule has 0 aromatic carbocycles. The summed E-state index contributed by atoms with van der Waals surface area (Å²) in [4.78, 5) is 45.9. The van der Waals surface area contributed by atoms with Gasteiger partial charge in [-0.3, -0.25) is 30.6 Å². The molecule has 0 spiro atoms. The fraction of sp³-hybridized carbons (Fsp3) is 0.864. The van der Waals surface area contributed by atoms with E-state index in [1.807, 2.05) is 38.0 Å². The first-order chi connectivity index (χ1) is 16.5. The van der Waals surface area contributed by atoms with E-state index in [1.165, 1.54) is 9.80 Å². The Morgan fingerprint density at radius 1 is 0.857 bits per heavy atom. The molecule has 0 heterocycles. The molecule has 13 heteroatoms. The van der Waals surface area contributed by atoms with Crippen molar-refractivity contribution in [2.24, 2.45) is 11.6 Å². The molecule has 206 valence electrons. The third-order valence-corrected chi connectivity index (χ3v) is 5.31. The summed E-state index contributed by atoms with van der Waals surface area (Å²) in [7, 11) is 9.33. The molecule has 0 saturated heterocycles. The van der Waals surface area contributed by atoms with Gasteiger partial charge in [0, 0.05) is 33.4 Å². The van der Waals surface area contributed by atoms with E-state index in [4.69, 9.17) is 16.3 Å². The average molecular weight is 505 g/mol. The molecule has 0 radical (unpaired) electrons. The van der Waals surface area contributed by atoms with Crippen molar-refractivity contribution in [3.8, 4) is 0 Å². The largest absolute Gasteiger partial charge is 0.385 e. The van der Waals surface area contributed by atoms with Crippen LogP contribution < -0.4 is 17.0 Å². The van der Waals surface area contributed by atoms with Crippen molar-refractivity contribution < 1.29 is 24.2 Å². The quantitative estimate of drug-likeness (QED) is 0.0554. The molecule has 3 amide bonds. The first-order valence-corrected chi connectivity index (χ1v) is 12.0. The van der Waals surface area contributed by atoms with E-state index in [0.29, 0.717) is 39.1 Å². The van der Waals surface area contributed by atoms with Gasteiger partial charge in [0.2, 0.25) is 17.7 Å². The van der Waals surface area contributed by atoms with Crippen LogP contribution in [-0.4, -0.2) is 154 Å². The number of primary amides is 1. The maximum atomic E-state index is 13.2. The minimum absolute atomic E-state index is 0.0212. The van der Waals surface area contributed by atoms with Crippen molar-refractivity contribution in [1.82, 2.24) is 29.9 Å². The van der Waals surface area contributed by atoms with Crippen LogP contribution in [0.2, 0.25) is 0 Å². The molecule has 0 aliphatic carbocycles. The Morgan fingerprint density at radius 3 is 1.94 bits per heavy atom. The van der Waals surface area contributed by atoms with Crippen LogP contribution in [0.15, 0.2) is 0 Å². The summed E-state index contributed by atoms with van der Waals surface area (Å²) in [6.07, 6.45) is 0.889. The smallest absolute Gasteiger partial charge is 0.242 e. The molecule has 35 heavy (non-hydrogen) atoms. The lowest BCUT2D eigenvalue weighted by atomic mass is 10.2. The van der Waals surface area contributed by atoms with E-state index in [0.717, 1.165) is 19.5 Å². The Labute approximate surface area is 210 Å². The number of amides is 3. The summed E-state index contributed by atoms with van der Waals surface area (Å²) in [6, 6.07) is 0. The van der Waals surface area contributed by atoms with Gasteiger partial charge in [-0.05, 0) is 60.5 Å². The number of hydrazine groups is 1. The number of nitrogens with zero attached hydrogens (tertiary/aromatic N) is 5. The van der Waals surface area contributed by atoms with Crippen LogP contribution in [-0.2, 0) is 19.1 Å². The molecule has 0 fully saturated rings. The van der Waals surface area contributed by atoms with Gasteiger partial charge in [-0.15, -0.1) is 0 Å². The first kappa shape index (κ1) is 33.1. The minimum Gasteiger partial charge on any atom is -0.385 e. The highest BCUT2D eigenvalue weighted by molar-refractivity contribution is 5.85. The minimum atomic E-state index is -1.08. The number of methoxy groups -OCH3 is 1. The van der Waals surface area contributed by atoms with Crippen molar-refractivity contribution in [2.75, 3.05) is 101 Å². The van der Waals surface area contributed by atoms with Gasteiger partial charge in [0.25, 0.3) is 0 Å². The van der Waals surface area contributed by atoms with Gasteiger partial charge >= 0.3 is 0 Å². The van der Waals surface area contributed by atoms with E-state index in [9.17, 15) is 19.5 Å².